The van der Waals surface area contributed by atoms with Gasteiger partial charge in [-0.3, -0.25) is 4.90 Å². The number of anilines is 1. The van der Waals surface area contributed by atoms with Gasteiger partial charge in [0, 0.05) is 56.3 Å². The molecule has 2 aromatic rings. The minimum atomic E-state index is -0.562. The van der Waals surface area contributed by atoms with Crippen molar-refractivity contribution >= 4 is 40.0 Å². The van der Waals surface area contributed by atoms with Crippen LogP contribution < -0.4 is 10.6 Å². The SMILES string of the molecule is CN1CCc2c(sc3c2C([N])N(CCCN2CCN(c4ccccc4Cl)CC2)C=N3)C1. The molecule has 0 saturated carbocycles. The molecule has 1 atom stereocenters. The van der Waals surface area contributed by atoms with Gasteiger partial charge in [-0.15, -0.1) is 17.1 Å². The van der Waals surface area contributed by atoms with Crippen LogP contribution in [0.25, 0.3) is 0 Å². The van der Waals surface area contributed by atoms with Crippen molar-refractivity contribution in [3.05, 3.63) is 45.3 Å². The van der Waals surface area contributed by atoms with E-state index in [1.807, 2.05) is 29.4 Å². The highest BCUT2D eigenvalue weighted by molar-refractivity contribution is 7.16. The van der Waals surface area contributed by atoms with E-state index in [1.54, 1.807) is 11.3 Å². The van der Waals surface area contributed by atoms with Gasteiger partial charge >= 0.3 is 0 Å². The molecule has 1 fully saturated rings. The summed E-state index contributed by atoms with van der Waals surface area (Å²) < 4.78 is 0. The molecule has 3 aliphatic heterocycles. The number of fused-ring (bicyclic) bond motifs is 3. The maximum atomic E-state index is 11.1. The summed E-state index contributed by atoms with van der Waals surface area (Å²) in [4.78, 5) is 15.3. The van der Waals surface area contributed by atoms with Gasteiger partial charge in [0.05, 0.1) is 17.0 Å². The van der Waals surface area contributed by atoms with Crippen LogP contribution in [0.3, 0.4) is 0 Å². The zero-order valence-corrected chi connectivity index (χ0v) is 19.6. The first kappa shape index (κ1) is 21.2. The highest BCUT2D eigenvalue weighted by Crippen LogP contribution is 2.44. The summed E-state index contributed by atoms with van der Waals surface area (Å²) in [5.74, 6) is 0. The van der Waals surface area contributed by atoms with E-state index >= 15 is 0 Å². The number of hydrogen-bond donors (Lipinski definition) is 0. The Morgan fingerprint density at radius 2 is 1.94 bits per heavy atom. The van der Waals surface area contributed by atoms with Gasteiger partial charge in [-0.25, -0.2) is 4.99 Å². The highest BCUT2D eigenvalue weighted by Gasteiger charge is 2.31. The Hall–Kier alpha value is -1.64. The minimum Gasteiger partial charge on any atom is -0.368 e. The largest absolute Gasteiger partial charge is 0.368 e. The number of benzene rings is 1. The number of likely N-dealkylation sites (N-methyl/N-ethyl adjacent to an activating group) is 1. The zero-order chi connectivity index (χ0) is 21.4. The van der Waals surface area contributed by atoms with Crippen LogP contribution in [0.4, 0.5) is 10.7 Å². The lowest BCUT2D eigenvalue weighted by Gasteiger charge is -2.37. The van der Waals surface area contributed by atoms with Crippen LogP contribution in [0.5, 0.6) is 0 Å². The normalized spacial score (nSPS) is 22.0. The molecule has 0 N–H and O–H groups in total. The van der Waals surface area contributed by atoms with Crippen LogP contribution in [0.15, 0.2) is 29.3 Å². The molecule has 164 valence electrons. The fourth-order valence-corrected chi connectivity index (χ4v) is 6.38. The average molecular weight is 457 g/mol. The van der Waals surface area contributed by atoms with E-state index in [4.69, 9.17) is 11.6 Å². The molecule has 1 unspecified atom stereocenters. The van der Waals surface area contributed by atoms with Crippen LogP contribution in [-0.4, -0.2) is 73.9 Å². The first-order valence-corrected chi connectivity index (χ1v) is 12.3. The van der Waals surface area contributed by atoms with E-state index in [2.05, 4.69) is 32.8 Å². The Bertz CT molecular complexity index is 952. The summed E-state index contributed by atoms with van der Waals surface area (Å²) in [7, 11) is 2.15. The summed E-state index contributed by atoms with van der Waals surface area (Å²) in [6.45, 7) is 7.94. The number of hydrogen-bond acceptors (Lipinski definition) is 6. The second-order valence-electron chi connectivity index (χ2n) is 8.70. The molecular formula is C23H29ClN6S. The third-order valence-electron chi connectivity index (χ3n) is 6.62. The van der Waals surface area contributed by atoms with Gasteiger partial charge in [0.1, 0.15) is 11.2 Å². The van der Waals surface area contributed by atoms with Gasteiger partial charge in [0.25, 0.3) is 0 Å². The van der Waals surface area contributed by atoms with Crippen molar-refractivity contribution in [2.24, 2.45) is 4.99 Å². The van der Waals surface area contributed by atoms with E-state index in [9.17, 15) is 5.73 Å². The van der Waals surface area contributed by atoms with E-state index in [0.29, 0.717) is 0 Å². The maximum Gasteiger partial charge on any atom is 0.144 e. The Kier molecular flexibility index (Phi) is 6.21. The second kappa shape index (κ2) is 9.08. The average Bonchev–Trinajstić information content (AvgIpc) is 3.14. The molecule has 8 heteroatoms. The number of halogens is 1. The van der Waals surface area contributed by atoms with Crippen LogP contribution in [-0.2, 0) is 13.0 Å². The summed E-state index contributed by atoms with van der Waals surface area (Å²) >= 11 is 8.10. The topological polar surface area (TPSA) is 47.6 Å². The van der Waals surface area contributed by atoms with Crippen molar-refractivity contribution in [1.82, 2.24) is 20.4 Å². The molecule has 0 spiro atoms. The lowest BCUT2D eigenvalue weighted by molar-refractivity contribution is 0.233. The highest BCUT2D eigenvalue weighted by atomic mass is 35.5. The zero-order valence-electron chi connectivity index (χ0n) is 18.0. The van der Waals surface area contributed by atoms with Gasteiger partial charge < -0.3 is 14.7 Å². The number of rotatable bonds is 5. The van der Waals surface area contributed by atoms with E-state index in [1.165, 1.54) is 10.4 Å². The smallest absolute Gasteiger partial charge is 0.144 e. The predicted octanol–water partition coefficient (Wildman–Crippen LogP) is 3.64. The standard InChI is InChI=1S/C23H29ClN6S/c1-27-10-7-17-20(15-27)31-23-21(17)22(25)30(16-26-23)9-4-8-28-11-13-29(14-12-28)19-6-3-2-5-18(19)24/h2-3,5-6,16,22H,4,7-15H2,1H3. The van der Waals surface area contributed by atoms with Crippen LogP contribution in [0, 0.1) is 0 Å². The number of thiophene rings is 1. The summed E-state index contributed by atoms with van der Waals surface area (Å²) in [5.41, 5.74) is 14.6. The van der Waals surface area contributed by atoms with Crippen molar-refractivity contribution in [2.45, 2.75) is 25.6 Å². The molecule has 31 heavy (non-hydrogen) atoms. The van der Waals surface area contributed by atoms with Crippen molar-refractivity contribution in [1.29, 1.82) is 0 Å². The molecule has 1 aromatic heterocycles. The van der Waals surface area contributed by atoms with Gasteiger partial charge in [-0.1, -0.05) is 23.7 Å². The number of piperazine rings is 1. The summed E-state index contributed by atoms with van der Waals surface area (Å²) in [6, 6.07) is 8.09. The molecule has 4 heterocycles. The molecule has 6 nitrogen and oxygen atoms in total. The molecule has 2 radical (unpaired) electrons. The Morgan fingerprint density at radius 3 is 2.74 bits per heavy atom. The molecule has 0 bridgehead atoms. The van der Waals surface area contributed by atoms with E-state index < -0.39 is 6.17 Å². The Morgan fingerprint density at radius 1 is 1.13 bits per heavy atom. The van der Waals surface area contributed by atoms with Gasteiger partial charge in [-0.05, 0) is 44.1 Å². The van der Waals surface area contributed by atoms with E-state index in [0.717, 1.165) is 86.5 Å². The van der Waals surface area contributed by atoms with Crippen molar-refractivity contribution < 1.29 is 0 Å². The molecule has 1 saturated heterocycles. The Labute approximate surface area is 193 Å². The van der Waals surface area contributed by atoms with Gasteiger partial charge in [0.2, 0.25) is 0 Å². The summed E-state index contributed by atoms with van der Waals surface area (Å²) in [6.07, 6.45) is 3.30. The molecule has 3 aliphatic rings. The number of aliphatic imine (C=N–C) groups is 1. The molecule has 5 rings (SSSR count). The molecule has 0 aliphatic carbocycles. The first-order chi connectivity index (χ1) is 15.1. The first-order valence-electron chi connectivity index (χ1n) is 11.1. The Balaban J connectivity index is 1.13. The van der Waals surface area contributed by atoms with Gasteiger partial charge in [0.15, 0.2) is 0 Å². The quantitative estimate of drug-likeness (QED) is 0.689. The fourth-order valence-electron chi connectivity index (χ4n) is 4.84. The lowest BCUT2D eigenvalue weighted by Crippen LogP contribution is -2.47. The van der Waals surface area contributed by atoms with Gasteiger partial charge in [-0.2, -0.15) is 0 Å². The minimum absolute atomic E-state index is 0.562. The van der Waals surface area contributed by atoms with E-state index in [-0.39, 0.29) is 0 Å². The van der Waals surface area contributed by atoms with Crippen molar-refractivity contribution in [3.63, 3.8) is 0 Å². The maximum absolute atomic E-state index is 11.1. The molecular weight excluding hydrogens is 428 g/mol. The predicted molar refractivity (Wildman–Crippen MR) is 129 cm³/mol. The summed E-state index contributed by atoms with van der Waals surface area (Å²) in [5, 5.41) is 1.83. The number of nitrogens with zero attached hydrogens (tertiary/aromatic N) is 6. The molecule has 0 amide bonds. The van der Waals surface area contributed by atoms with Crippen LogP contribution in [0.1, 0.15) is 28.6 Å². The monoisotopic (exact) mass is 456 g/mol. The fraction of sp³-hybridized carbons (Fsp3) is 0.522. The third kappa shape index (κ3) is 4.34. The number of para-hydroxylation sites is 1. The van der Waals surface area contributed by atoms with Crippen molar-refractivity contribution in [3.8, 4) is 0 Å². The molecule has 1 aromatic carbocycles. The lowest BCUT2D eigenvalue weighted by atomic mass is 10.00. The third-order valence-corrected chi connectivity index (χ3v) is 8.08. The second-order valence-corrected chi connectivity index (χ2v) is 10.2. The van der Waals surface area contributed by atoms with Crippen LogP contribution >= 0.6 is 22.9 Å². The van der Waals surface area contributed by atoms with Crippen molar-refractivity contribution in [2.75, 3.05) is 57.8 Å². The van der Waals surface area contributed by atoms with Crippen LogP contribution in [0.2, 0.25) is 5.02 Å².